The number of amides is 2. The summed E-state index contributed by atoms with van der Waals surface area (Å²) in [6, 6.07) is 5.56. The van der Waals surface area contributed by atoms with Gasteiger partial charge in [0, 0.05) is 31.2 Å². The van der Waals surface area contributed by atoms with Crippen LogP contribution in [0.25, 0.3) is 0 Å². The number of rotatable bonds is 4. The Morgan fingerprint density at radius 1 is 1.12 bits per heavy atom. The second-order valence-corrected chi connectivity index (χ2v) is 11.2. The number of benzene rings is 1. The molecule has 8 nitrogen and oxygen atoms in total. The van der Waals surface area contributed by atoms with E-state index in [-0.39, 0.29) is 24.5 Å². The fourth-order valence-corrected chi connectivity index (χ4v) is 4.11. The highest BCUT2D eigenvalue weighted by molar-refractivity contribution is 6.62. The molecule has 0 N–H and O–H groups in total. The van der Waals surface area contributed by atoms with Gasteiger partial charge in [-0.25, -0.2) is 4.79 Å². The van der Waals surface area contributed by atoms with Crippen LogP contribution in [-0.4, -0.2) is 78.5 Å². The van der Waals surface area contributed by atoms with Crippen LogP contribution in [0.1, 0.15) is 61.0 Å². The predicted octanol–water partition coefficient (Wildman–Crippen LogP) is 3.00. The molecule has 188 valence electrons. The lowest BCUT2D eigenvalue weighted by Crippen LogP contribution is -2.56. The van der Waals surface area contributed by atoms with Crippen molar-refractivity contribution in [3.63, 3.8) is 0 Å². The van der Waals surface area contributed by atoms with E-state index in [4.69, 9.17) is 18.8 Å². The van der Waals surface area contributed by atoms with Crippen molar-refractivity contribution in [3.8, 4) is 5.75 Å². The van der Waals surface area contributed by atoms with Crippen LogP contribution in [0.3, 0.4) is 0 Å². The van der Waals surface area contributed by atoms with Crippen LogP contribution in [0.4, 0.5) is 4.79 Å². The molecule has 1 aromatic carbocycles. The summed E-state index contributed by atoms with van der Waals surface area (Å²) < 4.78 is 23.4. The Labute approximate surface area is 204 Å². The number of methoxy groups -OCH3 is 1. The maximum absolute atomic E-state index is 13.2. The van der Waals surface area contributed by atoms with Gasteiger partial charge < -0.3 is 28.6 Å². The molecule has 2 amide bonds. The molecule has 2 aliphatic heterocycles. The molecular weight excluding hydrogens is 435 g/mol. The number of nitrogens with zero attached hydrogens (tertiary/aromatic N) is 2. The maximum atomic E-state index is 13.2. The van der Waals surface area contributed by atoms with Gasteiger partial charge in [0.2, 0.25) is 5.91 Å². The van der Waals surface area contributed by atoms with Crippen LogP contribution in [0, 0.1) is 0 Å². The first kappa shape index (κ1) is 26.4. The lowest BCUT2D eigenvalue weighted by atomic mass is 9.78. The van der Waals surface area contributed by atoms with Crippen molar-refractivity contribution in [2.45, 2.75) is 84.7 Å². The summed E-state index contributed by atoms with van der Waals surface area (Å²) in [6.45, 7) is 16.9. The highest BCUT2D eigenvalue weighted by Crippen LogP contribution is 2.36. The summed E-state index contributed by atoms with van der Waals surface area (Å²) in [7, 11) is 1.08. The molecular formula is C25H39BN2O6. The zero-order valence-electron chi connectivity index (χ0n) is 22.1. The zero-order valence-corrected chi connectivity index (χ0v) is 22.1. The normalized spacial score (nSPS) is 22.0. The van der Waals surface area contributed by atoms with Crippen LogP contribution in [0.15, 0.2) is 18.2 Å². The molecule has 1 aromatic rings. The van der Waals surface area contributed by atoms with Gasteiger partial charge in [0.15, 0.2) is 0 Å². The lowest BCUT2D eigenvalue weighted by Gasteiger charge is -2.40. The minimum atomic E-state index is -0.553. The standard InChI is InChI=1S/C25H39BN2O6/c1-17-16-27(12-13-28(17)22(30)32-23(2,3)4)21(29)15-18-14-19(10-11-20(18)31-9)26-33-24(5,6)25(7,8)34-26/h10-11,14,17H,12-13,15-16H2,1-9H3/t17-/m1/s1. The van der Waals surface area contributed by atoms with Crippen LogP contribution >= 0.6 is 0 Å². The molecule has 0 spiro atoms. The summed E-state index contributed by atoms with van der Waals surface area (Å²) >= 11 is 0. The zero-order chi connectivity index (χ0) is 25.5. The molecule has 3 rings (SSSR count). The van der Waals surface area contributed by atoms with Crippen LogP contribution in [-0.2, 0) is 25.3 Å². The van der Waals surface area contributed by atoms with E-state index in [9.17, 15) is 9.59 Å². The van der Waals surface area contributed by atoms with Gasteiger partial charge in [-0.05, 0) is 66.9 Å². The van der Waals surface area contributed by atoms with E-state index in [1.165, 1.54) is 0 Å². The molecule has 2 heterocycles. The summed E-state index contributed by atoms with van der Waals surface area (Å²) in [4.78, 5) is 29.2. The van der Waals surface area contributed by atoms with Gasteiger partial charge in [0.1, 0.15) is 11.4 Å². The Kier molecular flexibility index (Phi) is 7.30. The second-order valence-electron chi connectivity index (χ2n) is 11.2. The number of ether oxygens (including phenoxy) is 2. The highest BCUT2D eigenvalue weighted by Gasteiger charge is 2.51. The number of carbonyl (C=O) groups excluding carboxylic acids is 2. The first-order valence-electron chi connectivity index (χ1n) is 11.9. The molecule has 0 aromatic heterocycles. The van der Waals surface area contributed by atoms with Crippen molar-refractivity contribution < 1.29 is 28.4 Å². The molecule has 1 atom stereocenters. The molecule has 0 unspecified atom stereocenters. The van der Waals surface area contributed by atoms with Gasteiger partial charge >= 0.3 is 13.2 Å². The Hall–Kier alpha value is -2.26. The Morgan fingerprint density at radius 3 is 2.26 bits per heavy atom. The van der Waals surface area contributed by atoms with E-state index in [1.807, 2.05) is 73.6 Å². The summed E-state index contributed by atoms with van der Waals surface area (Å²) in [6.07, 6.45) is -0.153. The quantitative estimate of drug-likeness (QED) is 0.625. The van der Waals surface area contributed by atoms with E-state index < -0.39 is 23.9 Å². The van der Waals surface area contributed by atoms with Crippen LogP contribution in [0.2, 0.25) is 0 Å². The first-order chi connectivity index (χ1) is 15.6. The second kappa shape index (κ2) is 9.42. The number of hydrogen-bond acceptors (Lipinski definition) is 6. The fraction of sp³-hybridized carbons (Fsp3) is 0.680. The van der Waals surface area contributed by atoms with E-state index in [0.717, 1.165) is 11.0 Å². The minimum absolute atomic E-state index is 0.0138. The fourth-order valence-electron chi connectivity index (χ4n) is 4.11. The Morgan fingerprint density at radius 2 is 1.74 bits per heavy atom. The topological polar surface area (TPSA) is 77.5 Å². The third kappa shape index (κ3) is 5.69. The Balaban J connectivity index is 1.69. The average molecular weight is 474 g/mol. The third-order valence-electron chi connectivity index (χ3n) is 6.78. The van der Waals surface area contributed by atoms with Crippen molar-refractivity contribution in [1.29, 1.82) is 0 Å². The summed E-state index contributed by atoms with van der Waals surface area (Å²) in [5, 5.41) is 0. The third-order valence-corrected chi connectivity index (χ3v) is 6.78. The lowest BCUT2D eigenvalue weighted by molar-refractivity contribution is -0.133. The van der Waals surface area contributed by atoms with E-state index in [1.54, 1.807) is 16.9 Å². The number of piperazine rings is 1. The highest BCUT2D eigenvalue weighted by atomic mass is 16.7. The van der Waals surface area contributed by atoms with Crippen molar-refractivity contribution in [2.24, 2.45) is 0 Å². The molecule has 9 heteroatoms. The summed E-state index contributed by atoms with van der Waals surface area (Å²) in [5.41, 5.74) is 0.185. The molecule has 2 saturated heterocycles. The van der Waals surface area contributed by atoms with E-state index in [0.29, 0.717) is 25.4 Å². The van der Waals surface area contributed by atoms with Crippen molar-refractivity contribution in [1.82, 2.24) is 9.80 Å². The van der Waals surface area contributed by atoms with Gasteiger partial charge in [-0.2, -0.15) is 0 Å². The molecule has 0 aliphatic carbocycles. The average Bonchev–Trinajstić information content (AvgIpc) is 2.93. The SMILES string of the molecule is COc1ccc(B2OC(C)(C)C(C)(C)O2)cc1CC(=O)N1CCN(C(=O)OC(C)(C)C)[C@H](C)C1. The van der Waals surface area contributed by atoms with Gasteiger partial charge in [0.05, 0.1) is 24.7 Å². The first-order valence-corrected chi connectivity index (χ1v) is 11.9. The van der Waals surface area contributed by atoms with Crippen LogP contribution in [0.5, 0.6) is 5.75 Å². The molecule has 0 saturated carbocycles. The molecule has 0 bridgehead atoms. The van der Waals surface area contributed by atoms with Gasteiger partial charge in [-0.1, -0.05) is 12.1 Å². The number of hydrogen-bond donors (Lipinski definition) is 0. The molecule has 34 heavy (non-hydrogen) atoms. The number of carbonyl (C=O) groups is 2. The van der Waals surface area contributed by atoms with Crippen molar-refractivity contribution in [2.75, 3.05) is 26.7 Å². The van der Waals surface area contributed by atoms with Crippen molar-refractivity contribution in [3.05, 3.63) is 23.8 Å². The summed E-state index contributed by atoms with van der Waals surface area (Å²) in [5.74, 6) is 0.633. The Bertz CT molecular complexity index is 910. The van der Waals surface area contributed by atoms with Crippen LogP contribution < -0.4 is 10.2 Å². The van der Waals surface area contributed by atoms with E-state index in [2.05, 4.69) is 0 Å². The van der Waals surface area contributed by atoms with Crippen molar-refractivity contribution >= 4 is 24.6 Å². The van der Waals surface area contributed by atoms with Gasteiger partial charge in [-0.15, -0.1) is 0 Å². The molecule has 2 fully saturated rings. The largest absolute Gasteiger partial charge is 0.496 e. The maximum Gasteiger partial charge on any atom is 0.494 e. The van der Waals surface area contributed by atoms with Gasteiger partial charge in [0.25, 0.3) is 0 Å². The smallest absolute Gasteiger partial charge is 0.494 e. The predicted molar refractivity (Wildman–Crippen MR) is 131 cm³/mol. The monoisotopic (exact) mass is 474 g/mol. The minimum Gasteiger partial charge on any atom is -0.496 e. The van der Waals surface area contributed by atoms with E-state index >= 15 is 0 Å². The molecule has 0 radical (unpaired) electrons. The molecule has 2 aliphatic rings. The van der Waals surface area contributed by atoms with Gasteiger partial charge in [-0.3, -0.25) is 4.79 Å².